The third-order valence-corrected chi connectivity index (χ3v) is 6.01. The van der Waals surface area contributed by atoms with Gasteiger partial charge in [0.05, 0.1) is 23.5 Å². The summed E-state index contributed by atoms with van der Waals surface area (Å²) in [5.41, 5.74) is 3.52. The highest BCUT2D eigenvalue weighted by Gasteiger charge is 2.34. The second kappa shape index (κ2) is 8.21. The van der Waals surface area contributed by atoms with Gasteiger partial charge in [0.2, 0.25) is 0 Å². The van der Waals surface area contributed by atoms with Crippen molar-refractivity contribution < 1.29 is 14.0 Å². The fraction of sp³-hybridized carbons (Fsp3) is 0.167. The number of terminal acetylenes is 1. The van der Waals surface area contributed by atoms with Crippen LogP contribution in [-0.2, 0) is 17.8 Å². The lowest BCUT2D eigenvalue weighted by molar-refractivity contribution is -0.122. The molecule has 150 valence electrons. The molecule has 2 aromatic carbocycles. The number of rotatable bonds is 5. The van der Waals surface area contributed by atoms with E-state index in [4.69, 9.17) is 6.42 Å². The normalized spacial score (nSPS) is 15.4. The number of para-hydroxylation sites is 1. The molecule has 0 atom stereocenters. The zero-order valence-corrected chi connectivity index (χ0v) is 17.2. The Morgan fingerprint density at radius 3 is 2.63 bits per heavy atom. The predicted octanol–water partition coefficient (Wildman–Crippen LogP) is 5.06. The average Bonchev–Trinajstić information content (AvgIpc) is 3.22. The van der Waals surface area contributed by atoms with Gasteiger partial charge >= 0.3 is 0 Å². The molecule has 0 radical (unpaired) electrons. The lowest BCUT2D eigenvalue weighted by atomic mass is 10.1. The highest BCUT2D eigenvalue weighted by atomic mass is 32.2. The standard InChI is InChI=1S/C24H19FN2O2S/c1-3-12-27-23(28)21(30-24(27)29)13-18-15-26(14-17-8-5-6-11-20(17)25)22-16(4-2)9-7-10-19(18)22/h1,5-11,13,15H,4,12,14H2,2H3/b21-13-. The number of halogens is 1. The number of carbonyl (C=O) groups is 2. The lowest BCUT2D eigenvalue weighted by Crippen LogP contribution is -2.28. The molecule has 0 bridgehead atoms. The van der Waals surface area contributed by atoms with E-state index in [0.29, 0.717) is 17.0 Å². The maximum Gasteiger partial charge on any atom is 0.294 e. The molecule has 1 fully saturated rings. The Morgan fingerprint density at radius 1 is 1.13 bits per heavy atom. The maximum atomic E-state index is 14.3. The van der Waals surface area contributed by atoms with Gasteiger partial charge in [-0.15, -0.1) is 6.42 Å². The molecule has 0 N–H and O–H groups in total. The minimum absolute atomic E-state index is 0.0446. The summed E-state index contributed by atoms with van der Waals surface area (Å²) >= 11 is 0.885. The molecule has 4 rings (SSSR count). The first-order chi connectivity index (χ1) is 14.5. The van der Waals surface area contributed by atoms with Crippen LogP contribution in [-0.4, -0.2) is 27.2 Å². The number of hydrogen-bond donors (Lipinski definition) is 0. The van der Waals surface area contributed by atoms with Crippen LogP contribution < -0.4 is 0 Å². The van der Waals surface area contributed by atoms with Crippen molar-refractivity contribution in [3.63, 3.8) is 0 Å². The van der Waals surface area contributed by atoms with E-state index in [1.807, 2.05) is 35.0 Å². The molecule has 1 saturated heterocycles. The Balaban J connectivity index is 1.82. The van der Waals surface area contributed by atoms with Crippen LogP contribution in [0, 0.1) is 18.2 Å². The summed E-state index contributed by atoms with van der Waals surface area (Å²) in [6, 6.07) is 12.7. The number of carbonyl (C=O) groups excluding carboxylic acids is 2. The van der Waals surface area contributed by atoms with Crippen LogP contribution in [0.25, 0.3) is 17.0 Å². The molecule has 0 saturated carbocycles. The number of hydrogen-bond acceptors (Lipinski definition) is 3. The summed E-state index contributed by atoms with van der Waals surface area (Å²) in [6.45, 7) is 2.39. The first kappa shape index (κ1) is 20.0. The van der Waals surface area contributed by atoms with E-state index in [0.717, 1.165) is 45.1 Å². The number of nitrogens with zero attached hydrogens (tertiary/aromatic N) is 2. The number of amides is 2. The number of thioether (sulfide) groups is 1. The van der Waals surface area contributed by atoms with Crippen LogP contribution in [0.5, 0.6) is 0 Å². The summed E-state index contributed by atoms with van der Waals surface area (Å²) in [5.74, 6) is 1.70. The van der Waals surface area contributed by atoms with Crippen molar-refractivity contribution in [3.05, 3.63) is 76.1 Å². The number of benzene rings is 2. The van der Waals surface area contributed by atoms with Crippen molar-refractivity contribution in [2.45, 2.75) is 19.9 Å². The van der Waals surface area contributed by atoms with Crippen LogP contribution in [0.15, 0.2) is 53.6 Å². The van der Waals surface area contributed by atoms with Gasteiger partial charge < -0.3 is 4.57 Å². The maximum absolute atomic E-state index is 14.3. The van der Waals surface area contributed by atoms with Gasteiger partial charge in [-0.05, 0) is 35.9 Å². The third-order valence-electron chi connectivity index (χ3n) is 5.10. The first-order valence-electron chi connectivity index (χ1n) is 9.56. The molecule has 1 aromatic heterocycles. The van der Waals surface area contributed by atoms with E-state index >= 15 is 0 Å². The second-order valence-electron chi connectivity index (χ2n) is 6.94. The molecular formula is C24H19FN2O2S. The Morgan fingerprint density at radius 2 is 1.90 bits per heavy atom. The van der Waals surface area contributed by atoms with E-state index in [-0.39, 0.29) is 23.5 Å². The molecular weight excluding hydrogens is 399 g/mol. The summed E-state index contributed by atoms with van der Waals surface area (Å²) < 4.78 is 16.3. The van der Waals surface area contributed by atoms with Gasteiger partial charge in [0.1, 0.15) is 5.82 Å². The molecule has 3 aromatic rings. The van der Waals surface area contributed by atoms with Gasteiger partial charge in [0.15, 0.2) is 0 Å². The topological polar surface area (TPSA) is 42.3 Å². The van der Waals surface area contributed by atoms with Gasteiger partial charge in [-0.3, -0.25) is 14.5 Å². The summed E-state index contributed by atoms with van der Waals surface area (Å²) in [6.07, 6.45) is 9.71. The zero-order chi connectivity index (χ0) is 21.3. The molecule has 0 spiro atoms. The monoisotopic (exact) mass is 418 g/mol. The Bertz CT molecular complexity index is 1240. The second-order valence-corrected chi connectivity index (χ2v) is 7.94. The molecule has 6 heteroatoms. The highest BCUT2D eigenvalue weighted by molar-refractivity contribution is 8.18. The molecule has 2 heterocycles. The number of imide groups is 1. The fourth-order valence-electron chi connectivity index (χ4n) is 3.67. The zero-order valence-electron chi connectivity index (χ0n) is 16.4. The van der Waals surface area contributed by atoms with Crippen molar-refractivity contribution in [1.29, 1.82) is 0 Å². The van der Waals surface area contributed by atoms with Crippen LogP contribution in [0.1, 0.15) is 23.6 Å². The van der Waals surface area contributed by atoms with E-state index in [1.54, 1.807) is 18.2 Å². The fourth-order valence-corrected chi connectivity index (χ4v) is 4.50. The molecule has 0 aliphatic carbocycles. The average molecular weight is 418 g/mol. The molecule has 1 aliphatic rings. The molecule has 1 aliphatic heterocycles. The SMILES string of the molecule is C#CCN1C(=O)S/C(=C\c2cn(Cc3ccccc3F)c3c(CC)cccc23)C1=O. The summed E-state index contributed by atoms with van der Waals surface area (Å²) in [4.78, 5) is 26.1. The Hall–Kier alpha value is -3.30. The van der Waals surface area contributed by atoms with Crippen molar-refractivity contribution in [2.24, 2.45) is 0 Å². The number of fused-ring (bicyclic) bond motifs is 1. The van der Waals surface area contributed by atoms with Crippen molar-refractivity contribution >= 4 is 39.9 Å². The molecule has 4 nitrogen and oxygen atoms in total. The Labute approximate surface area is 178 Å². The van der Waals surface area contributed by atoms with Crippen molar-refractivity contribution in [3.8, 4) is 12.3 Å². The van der Waals surface area contributed by atoms with Gasteiger partial charge in [0, 0.05) is 22.7 Å². The van der Waals surface area contributed by atoms with E-state index in [2.05, 4.69) is 12.8 Å². The van der Waals surface area contributed by atoms with E-state index in [9.17, 15) is 14.0 Å². The van der Waals surface area contributed by atoms with Crippen LogP contribution in [0.3, 0.4) is 0 Å². The highest BCUT2D eigenvalue weighted by Crippen LogP contribution is 2.35. The van der Waals surface area contributed by atoms with Crippen molar-refractivity contribution in [2.75, 3.05) is 6.54 Å². The quantitative estimate of drug-likeness (QED) is 0.430. The molecule has 30 heavy (non-hydrogen) atoms. The Kier molecular flexibility index (Phi) is 5.47. The van der Waals surface area contributed by atoms with Crippen LogP contribution >= 0.6 is 11.8 Å². The predicted molar refractivity (Wildman–Crippen MR) is 118 cm³/mol. The van der Waals surface area contributed by atoms with Gasteiger partial charge in [-0.1, -0.05) is 49.2 Å². The lowest BCUT2D eigenvalue weighted by Gasteiger charge is -2.09. The first-order valence-corrected chi connectivity index (χ1v) is 10.4. The summed E-state index contributed by atoms with van der Waals surface area (Å²) in [7, 11) is 0. The van der Waals surface area contributed by atoms with E-state index < -0.39 is 0 Å². The number of aryl methyl sites for hydroxylation is 1. The largest absolute Gasteiger partial charge is 0.342 e. The number of aromatic nitrogens is 1. The van der Waals surface area contributed by atoms with Gasteiger partial charge in [0.25, 0.3) is 11.1 Å². The van der Waals surface area contributed by atoms with Gasteiger partial charge in [-0.2, -0.15) is 0 Å². The van der Waals surface area contributed by atoms with Gasteiger partial charge in [-0.25, -0.2) is 4.39 Å². The van der Waals surface area contributed by atoms with E-state index in [1.165, 1.54) is 6.07 Å². The smallest absolute Gasteiger partial charge is 0.294 e. The van der Waals surface area contributed by atoms with Crippen molar-refractivity contribution in [1.82, 2.24) is 9.47 Å². The molecule has 0 unspecified atom stereocenters. The minimum atomic E-state index is -0.385. The molecule has 2 amide bonds. The minimum Gasteiger partial charge on any atom is -0.342 e. The van der Waals surface area contributed by atoms with Crippen LogP contribution in [0.2, 0.25) is 0 Å². The third kappa shape index (κ3) is 3.53. The van der Waals surface area contributed by atoms with Crippen LogP contribution in [0.4, 0.5) is 9.18 Å². The summed E-state index contributed by atoms with van der Waals surface area (Å²) in [5, 5.41) is 0.586.